The molecule has 0 amide bonds. The van der Waals surface area contributed by atoms with E-state index in [1.165, 1.54) is 24.3 Å². The number of allylic oxidation sites excluding steroid dienone is 6. The van der Waals surface area contributed by atoms with Gasteiger partial charge in [-0.1, -0.05) is 47.9 Å². The molecule has 3 aromatic rings. The Labute approximate surface area is 242 Å². The molecule has 0 unspecified atom stereocenters. The molecule has 40 heavy (non-hydrogen) atoms. The first-order chi connectivity index (χ1) is 19.0. The largest absolute Gasteiger partial charge is 0.398 e. The lowest BCUT2D eigenvalue weighted by molar-refractivity contribution is 0.586. The third-order valence-corrected chi connectivity index (χ3v) is 6.60. The normalized spacial score (nSPS) is 12.8. The number of halogens is 3. The average Bonchev–Trinajstić information content (AvgIpc) is 2.90. The first-order valence-corrected chi connectivity index (χ1v) is 13.2. The first-order valence-electron chi connectivity index (χ1n) is 12.5. The molecule has 210 valence electrons. The molecule has 1 aromatic heterocycles. The van der Waals surface area contributed by atoms with Gasteiger partial charge in [-0.3, -0.25) is 9.56 Å². The van der Waals surface area contributed by atoms with Crippen LogP contribution in [0.4, 0.5) is 21.7 Å². The molecule has 0 radical (unpaired) electrons. The second kappa shape index (κ2) is 13.4. The summed E-state index contributed by atoms with van der Waals surface area (Å²) in [6.07, 6.45) is 7.72. The lowest BCUT2D eigenvalue weighted by Crippen LogP contribution is -2.42. The molecule has 0 aliphatic heterocycles. The third kappa shape index (κ3) is 7.16. The van der Waals surface area contributed by atoms with E-state index in [1.807, 2.05) is 26.8 Å². The minimum atomic E-state index is -0.828. The molecular formula is C29H31Cl2FN6O2. The molecule has 3 N–H and O–H groups in total. The summed E-state index contributed by atoms with van der Waals surface area (Å²) in [7, 11) is 1.59. The highest BCUT2D eigenvalue weighted by atomic mass is 35.5. The number of hydrogen-bond acceptors (Lipinski definition) is 6. The van der Waals surface area contributed by atoms with Crippen LogP contribution in [0.5, 0.6) is 0 Å². The Hall–Kier alpha value is -3.95. The van der Waals surface area contributed by atoms with Crippen molar-refractivity contribution in [3.05, 3.63) is 108 Å². The number of nitrogens with zero attached hydrogens (tertiary/aromatic N) is 4. The van der Waals surface area contributed by atoms with Gasteiger partial charge in [0.1, 0.15) is 5.82 Å². The molecule has 0 spiro atoms. The number of rotatable bonds is 9. The van der Waals surface area contributed by atoms with E-state index >= 15 is 0 Å². The molecule has 0 saturated heterocycles. The van der Waals surface area contributed by atoms with Crippen LogP contribution >= 0.6 is 23.2 Å². The summed E-state index contributed by atoms with van der Waals surface area (Å²) in [6.45, 7) is 7.34. The summed E-state index contributed by atoms with van der Waals surface area (Å²) in [4.78, 5) is 35.3. The van der Waals surface area contributed by atoms with Gasteiger partial charge in [-0.15, -0.1) is 0 Å². The van der Waals surface area contributed by atoms with Crippen LogP contribution in [0, 0.1) is 5.82 Å². The lowest BCUT2D eigenvalue weighted by Gasteiger charge is -2.18. The number of aliphatic imine (C=N–C) groups is 1. The highest BCUT2D eigenvalue weighted by Gasteiger charge is 2.18. The minimum absolute atomic E-state index is 0.127. The van der Waals surface area contributed by atoms with Crippen LogP contribution in [-0.4, -0.2) is 27.4 Å². The van der Waals surface area contributed by atoms with Crippen LogP contribution in [0.3, 0.4) is 0 Å². The van der Waals surface area contributed by atoms with Crippen molar-refractivity contribution in [3.63, 3.8) is 0 Å². The zero-order valence-corrected chi connectivity index (χ0v) is 24.4. The maximum Gasteiger partial charge on any atom is 0.359 e. The van der Waals surface area contributed by atoms with E-state index < -0.39 is 17.2 Å². The van der Waals surface area contributed by atoms with Crippen molar-refractivity contribution < 1.29 is 4.39 Å². The molecule has 0 bridgehead atoms. The number of nitrogen functional groups attached to an aromatic ring is 1. The fourth-order valence-electron chi connectivity index (χ4n) is 3.90. The Balaban J connectivity index is 2.27. The summed E-state index contributed by atoms with van der Waals surface area (Å²) in [5.41, 5.74) is 8.15. The molecule has 2 aromatic carbocycles. The highest BCUT2D eigenvalue weighted by Crippen LogP contribution is 2.29. The number of benzene rings is 2. The number of aromatic nitrogens is 3. The van der Waals surface area contributed by atoms with E-state index in [4.69, 9.17) is 28.9 Å². The van der Waals surface area contributed by atoms with Crippen LogP contribution in [-0.2, 0) is 6.54 Å². The Bertz CT molecular complexity index is 1670. The number of hydrogen-bond donors (Lipinski definition) is 2. The van der Waals surface area contributed by atoms with Gasteiger partial charge in [0.05, 0.1) is 23.0 Å². The van der Waals surface area contributed by atoms with Gasteiger partial charge in [0.15, 0.2) is 0 Å². The quantitative estimate of drug-likeness (QED) is 0.171. The van der Waals surface area contributed by atoms with Gasteiger partial charge in [-0.05, 0) is 69.2 Å². The molecule has 1 heterocycles. The van der Waals surface area contributed by atoms with Crippen LogP contribution in [0.2, 0.25) is 10.0 Å². The molecule has 0 fully saturated rings. The average molecular weight is 586 g/mol. The van der Waals surface area contributed by atoms with Gasteiger partial charge in [-0.25, -0.2) is 18.5 Å². The molecular weight excluding hydrogens is 554 g/mol. The van der Waals surface area contributed by atoms with Crippen molar-refractivity contribution in [2.24, 2.45) is 4.99 Å². The predicted molar refractivity (Wildman–Crippen MR) is 164 cm³/mol. The summed E-state index contributed by atoms with van der Waals surface area (Å²) >= 11 is 12.5. The van der Waals surface area contributed by atoms with E-state index in [9.17, 15) is 14.0 Å². The highest BCUT2D eigenvalue weighted by molar-refractivity contribution is 6.33. The van der Waals surface area contributed by atoms with Gasteiger partial charge in [-0.2, -0.15) is 4.98 Å². The minimum Gasteiger partial charge on any atom is -0.398 e. The second-order valence-electron chi connectivity index (χ2n) is 9.08. The summed E-state index contributed by atoms with van der Waals surface area (Å²) in [5, 5.41) is 3.46. The summed E-state index contributed by atoms with van der Waals surface area (Å²) in [6, 6.07) is 7.15. The molecule has 0 aliphatic rings. The molecule has 11 heteroatoms. The topological polar surface area (TPSA) is 107 Å². The van der Waals surface area contributed by atoms with E-state index in [0.29, 0.717) is 22.6 Å². The van der Waals surface area contributed by atoms with Gasteiger partial charge >= 0.3 is 11.4 Å². The molecule has 0 saturated carbocycles. The lowest BCUT2D eigenvalue weighted by atomic mass is 10.1. The van der Waals surface area contributed by atoms with Crippen molar-refractivity contribution in [2.45, 2.75) is 40.7 Å². The van der Waals surface area contributed by atoms with Crippen molar-refractivity contribution >= 4 is 52.4 Å². The van der Waals surface area contributed by atoms with E-state index in [0.717, 1.165) is 26.7 Å². The molecule has 3 rings (SSSR count). The van der Waals surface area contributed by atoms with Crippen LogP contribution in [0.1, 0.15) is 45.2 Å². The zero-order valence-electron chi connectivity index (χ0n) is 22.9. The van der Waals surface area contributed by atoms with Gasteiger partial charge < -0.3 is 11.1 Å². The van der Waals surface area contributed by atoms with Crippen molar-refractivity contribution in [3.8, 4) is 0 Å². The second-order valence-corrected chi connectivity index (χ2v) is 9.92. The van der Waals surface area contributed by atoms with E-state index in [-0.39, 0.29) is 28.1 Å². The molecule has 0 atom stereocenters. The van der Waals surface area contributed by atoms with Crippen LogP contribution < -0.4 is 22.4 Å². The summed E-state index contributed by atoms with van der Waals surface area (Å²) < 4.78 is 16.8. The zero-order chi connectivity index (χ0) is 29.6. The third-order valence-electron chi connectivity index (χ3n) is 6.06. The smallest absolute Gasteiger partial charge is 0.359 e. The van der Waals surface area contributed by atoms with Crippen LogP contribution in [0.25, 0.3) is 5.70 Å². The Morgan fingerprint density at radius 3 is 2.55 bits per heavy atom. The fraction of sp³-hybridized carbons (Fsp3) is 0.241. The van der Waals surface area contributed by atoms with Gasteiger partial charge in [0.25, 0.3) is 0 Å². The van der Waals surface area contributed by atoms with Crippen molar-refractivity contribution in [2.75, 3.05) is 18.1 Å². The Morgan fingerprint density at radius 1 is 1.18 bits per heavy atom. The standard InChI is InChI=1S/C29H31Cl2FN6O2/c1-6-17(3)10-18(4)11-22(7-2)38-28(39)36-27(35-26-13-19(15-34-5)25(33)14-23(26)31)37(29(38)40)16-20-12-21(30)8-9-24(20)32/h7-15H,6,16,33H2,1-5H3,(H,35,36,39)/b17-10+,18-11-,22-7+,34-15?. The monoisotopic (exact) mass is 584 g/mol. The first kappa shape index (κ1) is 30.6. The SMILES string of the molecule is C\C=C(/C=C(C)\C=C(/C)CC)n1c(=O)nc(Nc2cc(C=NC)c(N)cc2Cl)n(Cc2cc(Cl)ccc2F)c1=O. The maximum atomic E-state index is 14.8. The Kier molecular flexibility index (Phi) is 10.3. The summed E-state index contributed by atoms with van der Waals surface area (Å²) in [5.74, 6) is -0.719. The predicted octanol–water partition coefficient (Wildman–Crippen LogP) is 6.44. The molecule has 0 aliphatic carbocycles. The Morgan fingerprint density at radius 2 is 1.90 bits per heavy atom. The van der Waals surface area contributed by atoms with E-state index in [2.05, 4.69) is 15.3 Å². The molecule has 8 nitrogen and oxygen atoms in total. The number of nitrogens with one attached hydrogen (secondary N) is 1. The maximum absolute atomic E-state index is 14.8. The van der Waals surface area contributed by atoms with Crippen molar-refractivity contribution in [1.29, 1.82) is 0 Å². The van der Waals surface area contributed by atoms with E-state index in [1.54, 1.807) is 38.4 Å². The number of nitrogens with two attached hydrogens (primary N) is 1. The van der Waals surface area contributed by atoms with Gasteiger partial charge in [0, 0.05) is 35.1 Å². The van der Waals surface area contributed by atoms with Crippen molar-refractivity contribution in [1.82, 2.24) is 14.1 Å². The van der Waals surface area contributed by atoms with Crippen LogP contribution in [0.15, 0.2) is 74.3 Å². The van der Waals surface area contributed by atoms with Gasteiger partial charge in [0.2, 0.25) is 5.95 Å². The fourth-order valence-corrected chi connectivity index (χ4v) is 4.32. The number of anilines is 3.